The van der Waals surface area contributed by atoms with E-state index in [1.807, 2.05) is 37.3 Å². The van der Waals surface area contributed by atoms with Crippen LogP contribution in [0, 0.1) is 5.92 Å². The van der Waals surface area contributed by atoms with Crippen molar-refractivity contribution < 1.29 is 4.52 Å². The summed E-state index contributed by atoms with van der Waals surface area (Å²) in [5, 5.41) is 6.20. The van der Waals surface area contributed by atoms with Gasteiger partial charge in [-0.2, -0.15) is 4.98 Å². The molecule has 0 bridgehead atoms. The molecule has 21 heavy (non-hydrogen) atoms. The summed E-state index contributed by atoms with van der Waals surface area (Å²) < 4.78 is 5.41. The third kappa shape index (κ3) is 2.01. The van der Waals surface area contributed by atoms with Crippen molar-refractivity contribution in [2.75, 3.05) is 0 Å². The SMILES string of the molecule is CC(N)(c1nc(-c2nccc3ccccc23)no1)C1CC1. The van der Waals surface area contributed by atoms with E-state index in [1.54, 1.807) is 6.20 Å². The van der Waals surface area contributed by atoms with Crippen LogP contribution in [0.25, 0.3) is 22.3 Å². The minimum absolute atomic E-state index is 0.436. The maximum atomic E-state index is 6.33. The number of nitrogens with two attached hydrogens (primary N) is 1. The van der Waals surface area contributed by atoms with Gasteiger partial charge in [-0.05, 0) is 37.1 Å². The third-order valence-electron chi connectivity index (χ3n) is 4.20. The van der Waals surface area contributed by atoms with Crippen LogP contribution in [0.4, 0.5) is 0 Å². The molecule has 5 nitrogen and oxygen atoms in total. The first-order chi connectivity index (χ1) is 10.2. The second-order valence-electron chi connectivity index (χ2n) is 5.86. The van der Waals surface area contributed by atoms with Gasteiger partial charge in [0.2, 0.25) is 11.7 Å². The lowest BCUT2D eigenvalue weighted by Gasteiger charge is -2.18. The Morgan fingerprint density at radius 1 is 1.24 bits per heavy atom. The van der Waals surface area contributed by atoms with Gasteiger partial charge in [-0.3, -0.25) is 4.98 Å². The number of rotatable bonds is 3. The predicted molar refractivity (Wildman–Crippen MR) is 79.3 cm³/mol. The summed E-state index contributed by atoms with van der Waals surface area (Å²) in [6, 6.07) is 10.00. The summed E-state index contributed by atoms with van der Waals surface area (Å²) in [6.45, 7) is 1.96. The Morgan fingerprint density at radius 2 is 2.05 bits per heavy atom. The van der Waals surface area contributed by atoms with E-state index in [1.165, 1.54) is 0 Å². The van der Waals surface area contributed by atoms with Crippen molar-refractivity contribution in [3.05, 3.63) is 42.4 Å². The normalized spacial score (nSPS) is 17.8. The average Bonchev–Trinajstić information content (AvgIpc) is 3.25. The number of benzene rings is 1. The Kier molecular flexibility index (Phi) is 2.59. The van der Waals surface area contributed by atoms with Gasteiger partial charge in [0, 0.05) is 11.6 Å². The maximum Gasteiger partial charge on any atom is 0.247 e. The van der Waals surface area contributed by atoms with Crippen LogP contribution in [0.5, 0.6) is 0 Å². The molecule has 5 heteroatoms. The topological polar surface area (TPSA) is 77.8 Å². The van der Waals surface area contributed by atoms with Crippen molar-refractivity contribution in [2.45, 2.75) is 25.3 Å². The van der Waals surface area contributed by atoms with Crippen molar-refractivity contribution in [1.29, 1.82) is 0 Å². The summed E-state index contributed by atoms with van der Waals surface area (Å²) in [5.74, 6) is 1.43. The average molecular weight is 280 g/mol. The largest absolute Gasteiger partial charge is 0.337 e. The Balaban J connectivity index is 1.81. The monoisotopic (exact) mass is 280 g/mol. The van der Waals surface area contributed by atoms with Gasteiger partial charge in [0.15, 0.2) is 0 Å². The van der Waals surface area contributed by atoms with Crippen molar-refractivity contribution in [3.63, 3.8) is 0 Å². The lowest BCUT2D eigenvalue weighted by Crippen LogP contribution is -2.35. The van der Waals surface area contributed by atoms with Crippen molar-refractivity contribution >= 4 is 10.8 Å². The van der Waals surface area contributed by atoms with Crippen LogP contribution in [0.1, 0.15) is 25.7 Å². The Morgan fingerprint density at radius 3 is 2.86 bits per heavy atom. The minimum atomic E-state index is -0.546. The molecule has 1 saturated carbocycles. The smallest absolute Gasteiger partial charge is 0.247 e. The fourth-order valence-electron chi connectivity index (χ4n) is 2.69. The van der Waals surface area contributed by atoms with E-state index >= 15 is 0 Å². The van der Waals surface area contributed by atoms with Crippen LogP contribution in [-0.4, -0.2) is 15.1 Å². The van der Waals surface area contributed by atoms with Crippen molar-refractivity contribution in [2.24, 2.45) is 11.7 Å². The zero-order valence-electron chi connectivity index (χ0n) is 11.8. The Bertz CT molecular complexity index is 799. The molecule has 2 aromatic heterocycles. The Labute approximate surface area is 122 Å². The van der Waals surface area contributed by atoms with E-state index in [4.69, 9.17) is 10.3 Å². The van der Waals surface area contributed by atoms with E-state index < -0.39 is 5.54 Å². The summed E-state index contributed by atoms with van der Waals surface area (Å²) in [5.41, 5.74) is 6.52. The van der Waals surface area contributed by atoms with Gasteiger partial charge < -0.3 is 10.3 Å². The fourth-order valence-corrected chi connectivity index (χ4v) is 2.69. The summed E-state index contributed by atoms with van der Waals surface area (Å²) in [7, 11) is 0. The first-order valence-corrected chi connectivity index (χ1v) is 7.13. The fraction of sp³-hybridized carbons (Fsp3) is 0.312. The van der Waals surface area contributed by atoms with Gasteiger partial charge in [-0.1, -0.05) is 29.4 Å². The molecule has 1 aliphatic carbocycles. The van der Waals surface area contributed by atoms with Crippen LogP contribution in [0.3, 0.4) is 0 Å². The van der Waals surface area contributed by atoms with Crippen LogP contribution in [0.15, 0.2) is 41.1 Å². The van der Waals surface area contributed by atoms with Crippen LogP contribution in [-0.2, 0) is 5.54 Å². The molecule has 1 unspecified atom stereocenters. The molecule has 3 aromatic rings. The van der Waals surface area contributed by atoms with Gasteiger partial charge in [0.05, 0.1) is 5.54 Å². The second-order valence-corrected chi connectivity index (χ2v) is 5.86. The summed E-state index contributed by atoms with van der Waals surface area (Å²) >= 11 is 0. The third-order valence-corrected chi connectivity index (χ3v) is 4.20. The molecule has 2 N–H and O–H groups in total. The molecule has 1 aliphatic rings. The lowest BCUT2D eigenvalue weighted by atomic mass is 9.97. The van der Waals surface area contributed by atoms with E-state index in [9.17, 15) is 0 Å². The molecule has 0 aliphatic heterocycles. The highest BCUT2D eigenvalue weighted by Crippen LogP contribution is 2.43. The molecule has 0 radical (unpaired) electrons. The molecule has 0 amide bonds. The number of hydrogen-bond acceptors (Lipinski definition) is 5. The molecule has 2 heterocycles. The number of fused-ring (bicyclic) bond motifs is 1. The predicted octanol–water partition coefficient (Wildman–Crippen LogP) is 2.87. The van der Waals surface area contributed by atoms with E-state index in [0.29, 0.717) is 17.6 Å². The standard InChI is InChI=1S/C16H16N4O/c1-16(17,11-6-7-11)15-19-14(20-21-15)13-12-5-3-2-4-10(12)8-9-18-13/h2-5,8-9,11H,6-7,17H2,1H3. The zero-order valence-corrected chi connectivity index (χ0v) is 11.8. The van der Waals surface area contributed by atoms with Crippen molar-refractivity contribution in [1.82, 2.24) is 15.1 Å². The van der Waals surface area contributed by atoms with Crippen molar-refractivity contribution in [3.8, 4) is 11.5 Å². The number of pyridine rings is 1. The molecule has 0 saturated heterocycles. The van der Waals surface area contributed by atoms with Crippen LogP contribution < -0.4 is 5.73 Å². The second kappa shape index (κ2) is 4.36. The van der Waals surface area contributed by atoms with Gasteiger partial charge in [0.1, 0.15) is 5.69 Å². The highest BCUT2D eigenvalue weighted by atomic mass is 16.5. The maximum absolute atomic E-state index is 6.33. The number of hydrogen-bond donors (Lipinski definition) is 1. The Hall–Kier alpha value is -2.27. The minimum Gasteiger partial charge on any atom is -0.337 e. The summed E-state index contributed by atoms with van der Waals surface area (Å²) in [6.07, 6.45) is 4.00. The molecular weight excluding hydrogens is 264 g/mol. The van der Waals surface area contributed by atoms with Gasteiger partial charge in [0.25, 0.3) is 0 Å². The van der Waals surface area contributed by atoms with Crippen LogP contribution in [0.2, 0.25) is 0 Å². The molecule has 1 aromatic carbocycles. The summed E-state index contributed by atoms with van der Waals surface area (Å²) in [4.78, 5) is 8.91. The molecule has 4 rings (SSSR count). The van der Waals surface area contributed by atoms with E-state index in [2.05, 4.69) is 15.1 Å². The van der Waals surface area contributed by atoms with E-state index in [0.717, 1.165) is 29.3 Å². The molecule has 1 fully saturated rings. The van der Waals surface area contributed by atoms with E-state index in [-0.39, 0.29) is 0 Å². The molecule has 1 atom stereocenters. The number of aromatic nitrogens is 3. The first-order valence-electron chi connectivity index (χ1n) is 7.13. The van der Waals surface area contributed by atoms with Gasteiger partial charge in [-0.25, -0.2) is 0 Å². The van der Waals surface area contributed by atoms with Gasteiger partial charge >= 0.3 is 0 Å². The first kappa shape index (κ1) is 12.5. The molecule has 106 valence electrons. The molecular formula is C16H16N4O. The highest BCUT2D eigenvalue weighted by molar-refractivity contribution is 5.92. The molecule has 0 spiro atoms. The van der Waals surface area contributed by atoms with Gasteiger partial charge in [-0.15, -0.1) is 0 Å². The highest BCUT2D eigenvalue weighted by Gasteiger charge is 2.44. The lowest BCUT2D eigenvalue weighted by molar-refractivity contribution is 0.273. The quantitative estimate of drug-likeness (QED) is 0.798. The van der Waals surface area contributed by atoms with Crippen LogP contribution >= 0.6 is 0 Å². The zero-order chi connectivity index (χ0) is 14.4. The number of nitrogens with zero attached hydrogens (tertiary/aromatic N) is 3.